The summed E-state index contributed by atoms with van der Waals surface area (Å²) in [5.41, 5.74) is 0.996. The number of imide groups is 1. The lowest BCUT2D eigenvalue weighted by Gasteiger charge is -2.32. The minimum atomic E-state index is -0.831. The predicted octanol–water partition coefficient (Wildman–Crippen LogP) is 3.28. The Kier molecular flexibility index (Phi) is 6.12. The summed E-state index contributed by atoms with van der Waals surface area (Å²) >= 11 is 1.32. The first-order chi connectivity index (χ1) is 13.8. The van der Waals surface area contributed by atoms with Gasteiger partial charge >= 0.3 is 0 Å². The van der Waals surface area contributed by atoms with Crippen LogP contribution in [0.15, 0.2) is 41.8 Å². The van der Waals surface area contributed by atoms with Crippen molar-refractivity contribution in [2.24, 2.45) is 0 Å². The molecule has 7 nitrogen and oxygen atoms in total. The van der Waals surface area contributed by atoms with E-state index < -0.39 is 11.9 Å². The van der Waals surface area contributed by atoms with Crippen LogP contribution in [0.2, 0.25) is 0 Å². The van der Waals surface area contributed by atoms with Crippen molar-refractivity contribution in [3.63, 3.8) is 0 Å². The van der Waals surface area contributed by atoms with Gasteiger partial charge in [-0.1, -0.05) is 13.0 Å². The second-order valence-electron chi connectivity index (χ2n) is 6.96. The molecule has 1 fully saturated rings. The molecule has 29 heavy (non-hydrogen) atoms. The highest BCUT2D eigenvalue weighted by atomic mass is 32.1. The molecular weight excluding hydrogens is 390 g/mol. The van der Waals surface area contributed by atoms with Crippen LogP contribution < -0.4 is 10.2 Å². The Hall–Kier alpha value is -3.00. The van der Waals surface area contributed by atoms with E-state index in [1.807, 2.05) is 19.2 Å². The molecule has 4 amide bonds. The molecule has 1 aromatic carbocycles. The molecule has 2 atom stereocenters. The van der Waals surface area contributed by atoms with E-state index >= 15 is 0 Å². The van der Waals surface area contributed by atoms with Crippen molar-refractivity contribution in [2.45, 2.75) is 45.7 Å². The van der Waals surface area contributed by atoms with Gasteiger partial charge in [0, 0.05) is 18.7 Å². The lowest BCUT2D eigenvalue weighted by atomic mass is 10.1. The van der Waals surface area contributed by atoms with E-state index in [0.717, 1.165) is 4.90 Å². The van der Waals surface area contributed by atoms with Crippen LogP contribution in [0.5, 0.6) is 0 Å². The first-order valence-corrected chi connectivity index (χ1v) is 10.3. The van der Waals surface area contributed by atoms with Gasteiger partial charge in [0.1, 0.15) is 6.04 Å². The molecule has 1 saturated heterocycles. The van der Waals surface area contributed by atoms with E-state index in [0.29, 0.717) is 22.7 Å². The third kappa shape index (κ3) is 4.22. The molecule has 0 aliphatic carbocycles. The minimum absolute atomic E-state index is 0.0479. The zero-order chi connectivity index (χ0) is 21.1. The van der Waals surface area contributed by atoms with Crippen LogP contribution in [-0.2, 0) is 14.4 Å². The van der Waals surface area contributed by atoms with E-state index in [2.05, 4.69) is 5.32 Å². The molecule has 8 heteroatoms. The molecule has 1 aromatic heterocycles. The first-order valence-electron chi connectivity index (χ1n) is 9.44. The SMILES string of the molecule is CCC(C)N(C(=O)c1cccs1)C1CC(=O)N(c2ccc(NC(C)=O)cc2)C1=O. The highest BCUT2D eigenvalue weighted by molar-refractivity contribution is 7.12. The lowest BCUT2D eigenvalue weighted by molar-refractivity contribution is -0.123. The van der Waals surface area contributed by atoms with Crippen LogP contribution in [0.25, 0.3) is 0 Å². The van der Waals surface area contributed by atoms with Gasteiger partial charge in [0.15, 0.2) is 0 Å². The molecular formula is C21H23N3O4S. The number of carbonyl (C=O) groups is 4. The van der Waals surface area contributed by atoms with Crippen LogP contribution in [0.1, 0.15) is 43.3 Å². The normalized spacial score (nSPS) is 17.3. The lowest BCUT2D eigenvalue weighted by Crippen LogP contribution is -2.49. The summed E-state index contributed by atoms with van der Waals surface area (Å²) in [5, 5.41) is 4.46. The molecule has 0 radical (unpaired) electrons. The van der Waals surface area contributed by atoms with E-state index in [4.69, 9.17) is 0 Å². The summed E-state index contributed by atoms with van der Waals surface area (Å²) in [6.07, 6.45) is 0.619. The highest BCUT2D eigenvalue weighted by Crippen LogP contribution is 2.29. The van der Waals surface area contributed by atoms with Crippen molar-refractivity contribution < 1.29 is 19.2 Å². The van der Waals surface area contributed by atoms with E-state index in [1.54, 1.807) is 36.4 Å². The van der Waals surface area contributed by atoms with Crippen LogP contribution in [0.3, 0.4) is 0 Å². The average Bonchev–Trinajstić information content (AvgIpc) is 3.31. The summed E-state index contributed by atoms with van der Waals surface area (Å²) < 4.78 is 0. The third-order valence-corrected chi connectivity index (χ3v) is 5.79. The Morgan fingerprint density at radius 1 is 1.24 bits per heavy atom. The van der Waals surface area contributed by atoms with Crippen molar-refractivity contribution in [2.75, 3.05) is 10.2 Å². The first kappa shape index (κ1) is 20.7. The molecule has 1 aliphatic rings. The minimum Gasteiger partial charge on any atom is -0.326 e. The number of rotatable bonds is 6. The van der Waals surface area contributed by atoms with Gasteiger partial charge in [0.05, 0.1) is 17.0 Å². The van der Waals surface area contributed by atoms with Crippen LogP contribution >= 0.6 is 11.3 Å². The molecule has 0 bridgehead atoms. The molecule has 0 saturated carbocycles. The molecule has 1 N–H and O–H groups in total. The summed E-state index contributed by atoms with van der Waals surface area (Å²) in [4.78, 5) is 53.3. The molecule has 0 spiro atoms. The van der Waals surface area contributed by atoms with Gasteiger partial charge in [0.2, 0.25) is 11.8 Å². The maximum atomic E-state index is 13.2. The Bertz CT molecular complexity index is 924. The zero-order valence-corrected chi connectivity index (χ0v) is 17.4. The molecule has 2 heterocycles. The number of amides is 4. The quantitative estimate of drug-likeness (QED) is 0.737. The Morgan fingerprint density at radius 2 is 1.93 bits per heavy atom. The van der Waals surface area contributed by atoms with Crippen molar-refractivity contribution in [1.82, 2.24) is 4.90 Å². The second kappa shape index (κ2) is 8.57. The van der Waals surface area contributed by atoms with Crippen LogP contribution in [0.4, 0.5) is 11.4 Å². The molecule has 3 rings (SSSR count). The van der Waals surface area contributed by atoms with Gasteiger partial charge in [0.25, 0.3) is 11.8 Å². The Balaban J connectivity index is 1.87. The smallest absolute Gasteiger partial charge is 0.264 e. The number of hydrogen-bond donors (Lipinski definition) is 1. The fourth-order valence-electron chi connectivity index (χ4n) is 3.37. The monoisotopic (exact) mass is 413 g/mol. The predicted molar refractivity (Wildman–Crippen MR) is 112 cm³/mol. The fourth-order valence-corrected chi connectivity index (χ4v) is 4.04. The third-order valence-electron chi connectivity index (χ3n) is 4.94. The molecule has 1 aliphatic heterocycles. The van der Waals surface area contributed by atoms with E-state index in [1.165, 1.54) is 23.2 Å². The van der Waals surface area contributed by atoms with Crippen LogP contribution in [-0.4, -0.2) is 40.6 Å². The van der Waals surface area contributed by atoms with Crippen molar-refractivity contribution in [3.05, 3.63) is 46.7 Å². The summed E-state index contributed by atoms with van der Waals surface area (Å²) in [6.45, 7) is 5.23. The summed E-state index contributed by atoms with van der Waals surface area (Å²) in [6, 6.07) is 8.98. The fraction of sp³-hybridized carbons (Fsp3) is 0.333. The van der Waals surface area contributed by atoms with Gasteiger partial charge in [-0.25, -0.2) is 4.90 Å². The van der Waals surface area contributed by atoms with E-state index in [-0.39, 0.29) is 30.2 Å². The van der Waals surface area contributed by atoms with Gasteiger partial charge in [-0.05, 0) is 49.1 Å². The average molecular weight is 413 g/mol. The number of nitrogens with one attached hydrogen (secondary N) is 1. The maximum Gasteiger partial charge on any atom is 0.264 e. The largest absolute Gasteiger partial charge is 0.326 e. The van der Waals surface area contributed by atoms with Gasteiger partial charge in [-0.15, -0.1) is 11.3 Å². The van der Waals surface area contributed by atoms with Crippen molar-refractivity contribution in [3.8, 4) is 0 Å². The topological polar surface area (TPSA) is 86.8 Å². The van der Waals surface area contributed by atoms with Gasteiger partial charge in [-0.2, -0.15) is 0 Å². The van der Waals surface area contributed by atoms with Gasteiger partial charge < -0.3 is 10.2 Å². The Morgan fingerprint density at radius 3 is 2.48 bits per heavy atom. The highest BCUT2D eigenvalue weighted by Gasteiger charge is 2.45. The number of thiophene rings is 1. The van der Waals surface area contributed by atoms with Gasteiger partial charge in [-0.3, -0.25) is 19.2 Å². The Labute approximate surface area is 173 Å². The number of carbonyl (C=O) groups excluding carboxylic acids is 4. The second-order valence-corrected chi connectivity index (χ2v) is 7.91. The molecule has 2 aromatic rings. The van der Waals surface area contributed by atoms with Crippen LogP contribution in [0, 0.1) is 0 Å². The molecule has 152 valence electrons. The van der Waals surface area contributed by atoms with E-state index in [9.17, 15) is 19.2 Å². The zero-order valence-electron chi connectivity index (χ0n) is 16.5. The number of benzene rings is 1. The number of anilines is 2. The summed E-state index contributed by atoms with van der Waals surface area (Å²) in [5.74, 6) is -1.20. The standard InChI is InChI=1S/C21H23N3O4S/c1-4-13(2)23(21(28)18-6-5-11-29-18)17-12-19(26)24(20(17)27)16-9-7-15(8-10-16)22-14(3)25/h5-11,13,17H,4,12H2,1-3H3,(H,22,25). The molecule has 2 unspecified atom stereocenters. The van der Waals surface area contributed by atoms with Crippen molar-refractivity contribution in [1.29, 1.82) is 0 Å². The number of nitrogens with zero attached hydrogens (tertiary/aromatic N) is 2. The maximum absolute atomic E-state index is 13.2. The number of hydrogen-bond acceptors (Lipinski definition) is 5. The summed E-state index contributed by atoms with van der Waals surface area (Å²) in [7, 11) is 0. The van der Waals surface area contributed by atoms with Crippen molar-refractivity contribution >= 4 is 46.3 Å².